The van der Waals surface area contributed by atoms with Gasteiger partial charge in [0.1, 0.15) is 24.0 Å². The second kappa shape index (κ2) is 7.61. The minimum atomic E-state index is -0.280. The van der Waals surface area contributed by atoms with E-state index in [9.17, 15) is 4.79 Å². The molecule has 4 atom stereocenters. The average molecular weight is 393 g/mol. The van der Waals surface area contributed by atoms with E-state index in [1.807, 2.05) is 48.5 Å². The molecule has 9 nitrogen and oxygen atoms in total. The molecule has 0 aliphatic carbocycles. The summed E-state index contributed by atoms with van der Waals surface area (Å²) in [5, 5.41) is 14.8. The van der Waals surface area contributed by atoms with Crippen LogP contribution in [0.5, 0.6) is 11.8 Å². The number of carbonyl (C=O) groups excluding carboxylic acids is 1. The fraction of sp³-hybridized carbons (Fsp3) is 0.300. The Labute approximate surface area is 166 Å². The number of amides is 1. The molecule has 2 fully saturated rings. The van der Waals surface area contributed by atoms with Crippen molar-refractivity contribution in [3.05, 3.63) is 66.2 Å². The summed E-state index contributed by atoms with van der Waals surface area (Å²) in [6, 6.07) is 18.2. The van der Waals surface area contributed by atoms with Crippen LogP contribution in [0.25, 0.3) is 0 Å². The van der Waals surface area contributed by atoms with E-state index in [1.54, 1.807) is 16.8 Å². The normalized spacial score (nSPS) is 25.5. The van der Waals surface area contributed by atoms with E-state index >= 15 is 0 Å². The quantitative estimate of drug-likeness (QED) is 0.703. The SMILES string of the molecule is O=C(N[C@H]1CO[C@H]2[C@@H]1OC[C@@H]2n1nnnc1Oc1ccccc1)c1ccccc1. The van der Waals surface area contributed by atoms with Crippen molar-refractivity contribution >= 4 is 5.91 Å². The number of hydrogen-bond acceptors (Lipinski definition) is 7. The van der Waals surface area contributed by atoms with Crippen LogP contribution in [0.1, 0.15) is 16.4 Å². The van der Waals surface area contributed by atoms with Gasteiger partial charge >= 0.3 is 6.01 Å². The van der Waals surface area contributed by atoms with Crippen LogP contribution in [0.3, 0.4) is 0 Å². The Bertz CT molecular complexity index is 981. The third-order valence-electron chi connectivity index (χ3n) is 5.11. The van der Waals surface area contributed by atoms with Crippen molar-refractivity contribution in [2.75, 3.05) is 13.2 Å². The molecule has 0 spiro atoms. The molecule has 5 rings (SSSR count). The highest BCUT2D eigenvalue weighted by molar-refractivity contribution is 5.94. The van der Waals surface area contributed by atoms with E-state index in [-0.39, 0.29) is 36.2 Å². The summed E-state index contributed by atoms with van der Waals surface area (Å²) in [4.78, 5) is 12.5. The molecule has 0 radical (unpaired) electrons. The van der Waals surface area contributed by atoms with E-state index in [1.165, 1.54) is 0 Å². The summed E-state index contributed by atoms with van der Waals surface area (Å²) < 4.78 is 19.3. The molecule has 2 saturated heterocycles. The maximum atomic E-state index is 12.5. The lowest BCUT2D eigenvalue weighted by atomic mass is 10.1. The molecule has 2 aliphatic rings. The maximum absolute atomic E-state index is 12.5. The van der Waals surface area contributed by atoms with Crippen LogP contribution in [0.2, 0.25) is 0 Å². The first-order chi connectivity index (χ1) is 14.3. The van der Waals surface area contributed by atoms with Gasteiger partial charge in [0.2, 0.25) is 0 Å². The molecule has 1 N–H and O–H groups in total. The van der Waals surface area contributed by atoms with Gasteiger partial charge in [-0.25, -0.2) is 0 Å². The zero-order valence-electron chi connectivity index (χ0n) is 15.4. The monoisotopic (exact) mass is 393 g/mol. The summed E-state index contributed by atoms with van der Waals surface area (Å²) in [5.74, 6) is 0.488. The van der Waals surface area contributed by atoms with Crippen LogP contribution < -0.4 is 10.1 Å². The minimum Gasteiger partial charge on any atom is -0.423 e. The third kappa shape index (κ3) is 3.45. The Morgan fingerprint density at radius 2 is 1.72 bits per heavy atom. The number of hydrogen-bond donors (Lipinski definition) is 1. The van der Waals surface area contributed by atoms with Crippen LogP contribution >= 0.6 is 0 Å². The van der Waals surface area contributed by atoms with Gasteiger partial charge in [-0.2, -0.15) is 4.68 Å². The van der Waals surface area contributed by atoms with Crippen molar-refractivity contribution in [3.63, 3.8) is 0 Å². The standard InChI is InChI=1S/C20H19N5O4/c26-19(13-7-3-1-4-8-13)21-15-11-27-18-16(12-28-17(15)18)25-20(22-23-24-25)29-14-9-5-2-6-10-14/h1-10,15-18H,11-12H2,(H,21,26)/t15-,16-,17+,18+/m0/s1. The Kier molecular flexibility index (Phi) is 4.66. The van der Waals surface area contributed by atoms with Crippen LogP contribution in [0.4, 0.5) is 0 Å². The van der Waals surface area contributed by atoms with Gasteiger partial charge in [-0.05, 0) is 34.7 Å². The van der Waals surface area contributed by atoms with Crippen molar-refractivity contribution in [1.82, 2.24) is 25.5 Å². The van der Waals surface area contributed by atoms with Gasteiger partial charge in [0.15, 0.2) is 0 Å². The van der Waals surface area contributed by atoms with Crippen molar-refractivity contribution in [2.45, 2.75) is 24.3 Å². The van der Waals surface area contributed by atoms with Crippen molar-refractivity contribution in [2.24, 2.45) is 0 Å². The van der Waals surface area contributed by atoms with Gasteiger partial charge < -0.3 is 19.5 Å². The van der Waals surface area contributed by atoms with Gasteiger partial charge in [-0.15, -0.1) is 0 Å². The van der Waals surface area contributed by atoms with Crippen LogP contribution in [-0.2, 0) is 9.47 Å². The molecular formula is C20H19N5O4. The predicted molar refractivity (Wildman–Crippen MR) is 101 cm³/mol. The molecule has 1 amide bonds. The second-order valence-electron chi connectivity index (χ2n) is 6.93. The first-order valence-corrected chi connectivity index (χ1v) is 9.39. The predicted octanol–water partition coefficient (Wildman–Crippen LogP) is 1.60. The molecule has 0 saturated carbocycles. The van der Waals surface area contributed by atoms with E-state index in [2.05, 4.69) is 20.8 Å². The molecule has 1 aromatic heterocycles. The molecule has 3 heterocycles. The fourth-order valence-corrected chi connectivity index (χ4v) is 3.71. The summed E-state index contributed by atoms with van der Waals surface area (Å²) in [6.45, 7) is 0.727. The number of aromatic nitrogens is 4. The Hall–Kier alpha value is -3.30. The van der Waals surface area contributed by atoms with Gasteiger partial charge in [0.25, 0.3) is 5.91 Å². The average Bonchev–Trinajstić information content (AvgIpc) is 3.47. The molecule has 9 heteroatoms. The number of ether oxygens (including phenoxy) is 3. The van der Waals surface area contributed by atoms with Gasteiger partial charge in [0, 0.05) is 5.56 Å². The van der Waals surface area contributed by atoms with E-state index in [0.717, 1.165) is 0 Å². The molecule has 2 aromatic carbocycles. The molecule has 3 aromatic rings. The zero-order valence-corrected chi connectivity index (χ0v) is 15.4. The van der Waals surface area contributed by atoms with E-state index in [4.69, 9.17) is 14.2 Å². The van der Waals surface area contributed by atoms with E-state index in [0.29, 0.717) is 24.5 Å². The highest BCUT2D eigenvalue weighted by atomic mass is 16.6. The molecule has 2 aliphatic heterocycles. The summed E-state index contributed by atoms with van der Waals surface area (Å²) in [6.07, 6.45) is -0.556. The maximum Gasteiger partial charge on any atom is 0.341 e. The Balaban J connectivity index is 1.29. The fourth-order valence-electron chi connectivity index (χ4n) is 3.71. The van der Waals surface area contributed by atoms with Crippen LogP contribution in [0, 0.1) is 0 Å². The number of para-hydroxylation sites is 1. The van der Waals surface area contributed by atoms with Gasteiger partial charge in [0.05, 0.1) is 19.3 Å². The molecular weight excluding hydrogens is 374 g/mol. The van der Waals surface area contributed by atoms with Crippen LogP contribution in [-0.4, -0.2) is 57.6 Å². The van der Waals surface area contributed by atoms with Crippen molar-refractivity contribution in [3.8, 4) is 11.8 Å². The molecule has 0 unspecified atom stereocenters. The highest BCUT2D eigenvalue weighted by Crippen LogP contribution is 2.36. The number of nitrogens with one attached hydrogen (secondary N) is 1. The third-order valence-corrected chi connectivity index (χ3v) is 5.11. The highest BCUT2D eigenvalue weighted by Gasteiger charge is 2.50. The summed E-state index contributed by atoms with van der Waals surface area (Å²) >= 11 is 0. The lowest BCUT2D eigenvalue weighted by Gasteiger charge is -2.18. The first-order valence-electron chi connectivity index (χ1n) is 9.39. The van der Waals surface area contributed by atoms with Crippen LogP contribution in [0.15, 0.2) is 60.7 Å². The van der Waals surface area contributed by atoms with Gasteiger partial charge in [-0.1, -0.05) is 41.5 Å². The van der Waals surface area contributed by atoms with Gasteiger partial charge in [-0.3, -0.25) is 4.79 Å². The number of nitrogens with zero attached hydrogens (tertiary/aromatic N) is 4. The van der Waals surface area contributed by atoms with Crippen molar-refractivity contribution < 1.29 is 19.0 Å². The van der Waals surface area contributed by atoms with E-state index < -0.39 is 0 Å². The topological polar surface area (TPSA) is 100 Å². The smallest absolute Gasteiger partial charge is 0.341 e. The lowest BCUT2D eigenvalue weighted by Crippen LogP contribution is -2.44. The Morgan fingerprint density at radius 3 is 2.52 bits per heavy atom. The Morgan fingerprint density at radius 1 is 1.00 bits per heavy atom. The molecule has 0 bridgehead atoms. The lowest BCUT2D eigenvalue weighted by molar-refractivity contribution is 0.0606. The first kappa shape index (κ1) is 17.8. The summed E-state index contributed by atoms with van der Waals surface area (Å²) in [7, 11) is 0. The number of tetrazole rings is 1. The largest absolute Gasteiger partial charge is 0.423 e. The summed E-state index contributed by atoms with van der Waals surface area (Å²) in [5.41, 5.74) is 0.601. The van der Waals surface area contributed by atoms with Crippen molar-refractivity contribution in [1.29, 1.82) is 0 Å². The molecule has 148 valence electrons. The second-order valence-corrected chi connectivity index (χ2v) is 6.93. The number of benzene rings is 2. The molecule has 29 heavy (non-hydrogen) atoms. The number of carbonyl (C=O) groups is 1. The zero-order chi connectivity index (χ0) is 19.6. The minimum absolute atomic E-state index is 0.151. The number of rotatable bonds is 5. The number of fused-ring (bicyclic) bond motifs is 1.